The normalized spacial score (nSPS) is 10.5. The number of para-hydroxylation sites is 1. The second-order valence-corrected chi connectivity index (χ2v) is 6.14. The zero-order valence-electron chi connectivity index (χ0n) is 16.2. The van der Waals surface area contributed by atoms with Crippen molar-refractivity contribution in [2.75, 3.05) is 25.6 Å². The molecule has 2 rings (SSSR count). The van der Waals surface area contributed by atoms with Gasteiger partial charge in [0, 0.05) is 37.7 Å². The molecule has 0 radical (unpaired) electrons. The van der Waals surface area contributed by atoms with Crippen molar-refractivity contribution in [3.8, 4) is 0 Å². The Kier molecular flexibility index (Phi) is 7.95. The fourth-order valence-electron chi connectivity index (χ4n) is 2.79. The first-order valence-corrected chi connectivity index (χ1v) is 9.26. The number of aromatic nitrogens is 1. The Labute approximate surface area is 160 Å². The second kappa shape index (κ2) is 10.4. The van der Waals surface area contributed by atoms with E-state index < -0.39 is 0 Å². The maximum atomic E-state index is 12.7. The fraction of sp³-hybridized carbons (Fsp3) is 0.381. The Hall–Kier alpha value is -2.73. The van der Waals surface area contributed by atoms with E-state index in [2.05, 4.69) is 29.5 Å². The molecule has 0 aliphatic heterocycles. The van der Waals surface area contributed by atoms with Crippen molar-refractivity contribution in [1.82, 2.24) is 10.3 Å². The van der Waals surface area contributed by atoms with Gasteiger partial charge in [-0.05, 0) is 42.5 Å². The number of rotatable bonds is 9. The van der Waals surface area contributed by atoms with Crippen molar-refractivity contribution in [1.29, 1.82) is 0 Å². The molecule has 1 aromatic carbocycles. The van der Waals surface area contributed by atoms with Gasteiger partial charge in [0.25, 0.3) is 11.8 Å². The molecule has 0 saturated carbocycles. The van der Waals surface area contributed by atoms with E-state index in [9.17, 15) is 9.59 Å². The first-order valence-electron chi connectivity index (χ1n) is 9.26. The molecule has 144 valence electrons. The Balaban J connectivity index is 2.13. The highest BCUT2D eigenvalue weighted by atomic mass is 16.5. The Morgan fingerprint density at radius 1 is 1.07 bits per heavy atom. The van der Waals surface area contributed by atoms with Crippen LogP contribution >= 0.6 is 0 Å². The fourth-order valence-corrected chi connectivity index (χ4v) is 2.79. The minimum absolute atomic E-state index is 0.222. The summed E-state index contributed by atoms with van der Waals surface area (Å²) in [6.45, 7) is 5.19. The molecule has 2 N–H and O–H groups in total. The molecule has 6 nitrogen and oxygen atoms in total. The number of amides is 2. The summed E-state index contributed by atoms with van der Waals surface area (Å²) in [5.41, 5.74) is 3.66. The van der Waals surface area contributed by atoms with Crippen LogP contribution in [0.2, 0.25) is 0 Å². The van der Waals surface area contributed by atoms with E-state index >= 15 is 0 Å². The standard InChI is InChI=1S/C21H27N3O3/c1-4-15-8-6-9-16(5-2)19(15)24-20(25)17-10-12-22-18(14-17)21(26)23-11-7-13-27-3/h6,8-10,12,14H,4-5,7,11,13H2,1-3H3,(H,23,26)(H,24,25). The zero-order valence-corrected chi connectivity index (χ0v) is 16.2. The van der Waals surface area contributed by atoms with Crippen LogP contribution in [-0.2, 0) is 17.6 Å². The van der Waals surface area contributed by atoms with Gasteiger partial charge in [0.2, 0.25) is 0 Å². The molecule has 0 fully saturated rings. The lowest BCUT2D eigenvalue weighted by Gasteiger charge is -2.14. The molecule has 0 aliphatic rings. The zero-order chi connectivity index (χ0) is 19.6. The highest BCUT2D eigenvalue weighted by molar-refractivity contribution is 6.06. The van der Waals surface area contributed by atoms with Crippen LogP contribution in [0.3, 0.4) is 0 Å². The van der Waals surface area contributed by atoms with Gasteiger partial charge in [-0.2, -0.15) is 0 Å². The molecule has 27 heavy (non-hydrogen) atoms. The van der Waals surface area contributed by atoms with Crippen LogP contribution in [0.25, 0.3) is 0 Å². The van der Waals surface area contributed by atoms with Crippen LogP contribution in [0.4, 0.5) is 5.69 Å². The molecule has 0 saturated heterocycles. The monoisotopic (exact) mass is 369 g/mol. The molecular formula is C21H27N3O3. The van der Waals surface area contributed by atoms with Gasteiger partial charge >= 0.3 is 0 Å². The highest BCUT2D eigenvalue weighted by Crippen LogP contribution is 2.23. The summed E-state index contributed by atoms with van der Waals surface area (Å²) in [6, 6.07) is 9.16. The molecule has 0 atom stereocenters. The van der Waals surface area contributed by atoms with Crippen molar-refractivity contribution in [2.24, 2.45) is 0 Å². The Bertz CT molecular complexity index is 768. The third-order valence-corrected chi connectivity index (χ3v) is 4.30. The summed E-state index contributed by atoms with van der Waals surface area (Å²) in [6.07, 6.45) is 3.85. The number of hydrogen-bond acceptors (Lipinski definition) is 4. The van der Waals surface area contributed by atoms with Crippen molar-refractivity contribution in [3.05, 3.63) is 58.9 Å². The Morgan fingerprint density at radius 3 is 2.41 bits per heavy atom. The molecule has 0 spiro atoms. The molecule has 1 heterocycles. The highest BCUT2D eigenvalue weighted by Gasteiger charge is 2.14. The number of benzene rings is 1. The predicted molar refractivity (Wildman–Crippen MR) is 106 cm³/mol. The van der Waals surface area contributed by atoms with E-state index in [0.717, 1.165) is 36.1 Å². The van der Waals surface area contributed by atoms with Gasteiger partial charge in [-0.25, -0.2) is 0 Å². The molecule has 0 bridgehead atoms. The maximum Gasteiger partial charge on any atom is 0.269 e. The summed E-state index contributed by atoms with van der Waals surface area (Å²) < 4.78 is 4.95. The van der Waals surface area contributed by atoms with Crippen molar-refractivity contribution in [2.45, 2.75) is 33.1 Å². The number of hydrogen-bond donors (Lipinski definition) is 2. The summed E-state index contributed by atoms with van der Waals surface area (Å²) in [5.74, 6) is -0.551. The predicted octanol–water partition coefficient (Wildman–Crippen LogP) is 3.23. The van der Waals surface area contributed by atoms with Gasteiger partial charge in [0.1, 0.15) is 5.69 Å². The molecule has 0 unspecified atom stereocenters. The SMILES string of the molecule is CCc1cccc(CC)c1NC(=O)c1ccnc(C(=O)NCCCOC)c1. The van der Waals surface area contributed by atoms with Crippen LogP contribution < -0.4 is 10.6 Å². The van der Waals surface area contributed by atoms with Crippen molar-refractivity contribution < 1.29 is 14.3 Å². The van der Waals surface area contributed by atoms with E-state index in [-0.39, 0.29) is 17.5 Å². The summed E-state index contributed by atoms with van der Waals surface area (Å²) >= 11 is 0. The summed E-state index contributed by atoms with van der Waals surface area (Å²) in [4.78, 5) is 29.0. The van der Waals surface area contributed by atoms with Crippen LogP contribution in [-0.4, -0.2) is 37.1 Å². The quantitative estimate of drug-likeness (QED) is 0.665. The number of anilines is 1. The maximum absolute atomic E-state index is 12.7. The van der Waals surface area contributed by atoms with E-state index in [4.69, 9.17) is 4.74 Å². The molecule has 1 aromatic heterocycles. The lowest BCUT2D eigenvalue weighted by molar-refractivity contribution is 0.0943. The van der Waals surface area contributed by atoms with Crippen LogP contribution in [0.5, 0.6) is 0 Å². The van der Waals surface area contributed by atoms with Gasteiger partial charge in [-0.15, -0.1) is 0 Å². The molecular weight excluding hydrogens is 342 g/mol. The van der Waals surface area contributed by atoms with Gasteiger partial charge in [-0.1, -0.05) is 32.0 Å². The third-order valence-electron chi connectivity index (χ3n) is 4.30. The molecule has 0 aliphatic carbocycles. The first kappa shape index (κ1) is 20.6. The molecule has 2 amide bonds. The van der Waals surface area contributed by atoms with Gasteiger partial charge in [0.05, 0.1) is 0 Å². The van der Waals surface area contributed by atoms with Gasteiger partial charge < -0.3 is 15.4 Å². The van der Waals surface area contributed by atoms with Gasteiger partial charge in [0.15, 0.2) is 0 Å². The average molecular weight is 369 g/mol. The number of carbonyl (C=O) groups is 2. The number of pyridine rings is 1. The number of ether oxygens (including phenoxy) is 1. The molecule has 6 heteroatoms. The Morgan fingerprint density at radius 2 is 1.78 bits per heavy atom. The number of carbonyl (C=O) groups excluding carboxylic acids is 2. The second-order valence-electron chi connectivity index (χ2n) is 6.14. The van der Waals surface area contributed by atoms with E-state index in [1.54, 1.807) is 13.2 Å². The number of nitrogens with one attached hydrogen (secondary N) is 2. The van der Waals surface area contributed by atoms with E-state index in [1.165, 1.54) is 12.3 Å². The van der Waals surface area contributed by atoms with E-state index in [0.29, 0.717) is 18.7 Å². The minimum atomic E-state index is -0.302. The topological polar surface area (TPSA) is 80.3 Å². The van der Waals surface area contributed by atoms with E-state index in [1.807, 2.05) is 18.2 Å². The summed E-state index contributed by atoms with van der Waals surface area (Å²) in [5, 5.41) is 5.78. The average Bonchev–Trinajstić information content (AvgIpc) is 2.71. The number of methoxy groups -OCH3 is 1. The van der Waals surface area contributed by atoms with Crippen LogP contribution in [0, 0.1) is 0 Å². The number of aryl methyl sites for hydroxylation is 2. The summed E-state index contributed by atoms with van der Waals surface area (Å²) in [7, 11) is 1.62. The largest absolute Gasteiger partial charge is 0.385 e. The molecule has 2 aromatic rings. The smallest absolute Gasteiger partial charge is 0.269 e. The van der Waals surface area contributed by atoms with Crippen molar-refractivity contribution in [3.63, 3.8) is 0 Å². The van der Waals surface area contributed by atoms with Crippen LogP contribution in [0.1, 0.15) is 52.2 Å². The van der Waals surface area contributed by atoms with Crippen molar-refractivity contribution >= 4 is 17.5 Å². The van der Waals surface area contributed by atoms with Crippen LogP contribution in [0.15, 0.2) is 36.5 Å². The first-order chi connectivity index (χ1) is 13.1. The lowest BCUT2D eigenvalue weighted by atomic mass is 10.0. The van der Waals surface area contributed by atoms with Gasteiger partial charge in [-0.3, -0.25) is 14.6 Å². The third kappa shape index (κ3) is 5.62. The number of nitrogens with zero attached hydrogens (tertiary/aromatic N) is 1. The lowest BCUT2D eigenvalue weighted by Crippen LogP contribution is -2.26. The minimum Gasteiger partial charge on any atom is -0.385 e.